The highest BCUT2D eigenvalue weighted by Crippen LogP contribution is 2.65. The predicted octanol–water partition coefficient (Wildman–Crippen LogP) is 3.89. The summed E-state index contributed by atoms with van der Waals surface area (Å²) in [6, 6.07) is 3.24. The van der Waals surface area contributed by atoms with E-state index in [1.807, 2.05) is 0 Å². The molecular weight excluding hydrogens is 530 g/mol. The molecule has 1 aromatic rings. The molecule has 1 amide bonds. The molecule has 8 atom stereocenters. The second-order valence-corrected chi connectivity index (χ2v) is 12.7. The van der Waals surface area contributed by atoms with E-state index < -0.39 is 35.6 Å². The van der Waals surface area contributed by atoms with Crippen LogP contribution in [0.3, 0.4) is 0 Å². The zero-order valence-corrected chi connectivity index (χ0v) is 23.5. The van der Waals surface area contributed by atoms with Gasteiger partial charge in [-0.2, -0.15) is 0 Å². The number of carbonyl (C=O) groups excluding carboxylic acids is 1. The van der Waals surface area contributed by atoms with Crippen LogP contribution in [0.2, 0.25) is 0 Å². The summed E-state index contributed by atoms with van der Waals surface area (Å²) in [5.74, 6) is -0.484. The molecule has 0 bridgehead atoms. The van der Waals surface area contributed by atoms with Gasteiger partial charge in [-0.15, -0.1) is 0 Å². The molecule has 41 heavy (non-hydrogen) atoms. The molecule has 3 fully saturated rings. The molecular formula is C30H39N3O8. The first-order valence-corrected chi connectivity index (χ1v) is 14.5. The minimum absolute atomic E-state index is 0.00800. The zero-order chi connectivity index (χ0) is 29.5. The molecule has 0 heterocycles. The van der Waals surface area contributed by atoms with Crippen molar-refractivity contribution in [2.75, 3.05) is 6.61 Å². The molecule has 0 spiro atoms. The Kier molecular flexibility index (Phi) is 7.95. The Bertz CT molecular complexity index is 1280. The van der Waals surface area contributed by atoms with E-state index in [2.05, 4.69) is 30.4 Å². The Morgan fingerprint density at radius 1 is 1.17 bits per heavy atom. The SMILES string of the molecule is C[C@]12CC[C@@H]3[C@H](CCC4=C/C(=N\OCC(=O)N[C@H](C(=O)O)[C@H](O)c5cccc([N+](=O)[O-])c5)CC[C@@]43C)[C@H]1CC[C@@H]2O. The van der Waals surface area contributed by atoms with Gasteiger partial charge in [0, 0.05) is 12.1 Å². The number of carboxylic acids is 1. The Morgan fingerprint density at radius 3 is 2.68 bits per heavy atom. The first-order valence-electron chi connectivity index (χ1n) is 14.5. The van der Waals surface area contributed by atoms with Gasteiger partial charge in [0.15, 0.2) is 12.6 Å². The number of carbonyl (C=O) groups is 2. The van der Waals surface area contributed by atoms with Crippen LogP contribution in [-0.4, -0.2) is 56.6 Å². The van der Waals surface area contributed by atoms with Gasteiger partial charge in [0.25, 0.3) is 11.6 Å². The maximum absolute atomic E-state index is 12.5. The number of aliphatic carboxylic acids is 1. The minimum atomic E-state index is -1.73. The molecule has 4 N–H and O–H groups in total. The fraction of sp³-hybridized carbons (Fsp3) is 0.633. The van der Waals surface area contributed by atoms with Crippen molar-refractivity contribution in [1.29, 1.82) is 0 Å². The average Bonchev–Trinajstić information content (AvgIpc) is 3.25. The number of nitrogens with zero attached hydrogens (tertiary/aromatic N) is 2. The van der Waals surface area contributed by atoms with Crippen LogP contribution in [0, 0.1) is 38.7 Å². The summed E-state index contributed by atoms with van der Waals surface area (Å²) in [7, 11) is 0. The Morgan fingerprint density at radius 2 is 1.95 bits per heavy atom. The lowest BCUT2D eigenvalue weighted by molar-refractivity contribution is -0.385. The van der Waals surface area contributed by atoms with E-state index in [0.29, 0.717) is 24.2 Å². The van der Waals surface area contributed by atoms with Crippen LogP contribution in [0.4, 0.5) is 5.69 Å². The molecule has 4 aliphatic rings. The number of hydrogen-bond donors (Lipinski definition) is 4. The van der Waals surface area contributed by atoms with E-state index in [1.54, 1.807) is 0 Å². The average molecular weight is 570 g/mol. The summed E-state index contributed by atoms with van der Waals surface area (Å²) in [6.45, 7) is 4.11. The number of non-ortho nitro benzene ring substituents is 1. The topological polar surface area (TPSA) is 172 Å². The molecule has 5 rings (SSSR count). The fourth-order valence-corrected chi connectivity index (χ4v) is 8.29. The van der Waals surface area contributed by atoms with Crippen LogP contribution in [-0.2, 0) is 14.4 Å². The van der Waals surface area contributed by atoms with Gasteiger partial charge < -0.3 is 25.5 Å². The Balaban J connectivity index is 1.19. The molecule has 0 aliphatic heterocycles. The molecule has 11 nitrogen and oxygen atoms in total. The number of nitro benzene ring substituents is 1. The van der Waals surface area contributed by atoms with Crippen molar-refractivity contribution in [3.63, 3.8) is 0 Å². The van der Waals surface area contributed by atoms with Crippen LogP contribution in [0.5, 0.6) is 0 Å². The lowest BCUT2D eigenvalue weighted by atomic mass is 9.47. The third-order valence-electron chi connectivity index (χ3n) is 10.6. The molecule has 0 aromatic heterocycles. The summed E-state index contributed by atoms with van der Waals surface area (Å²) < 4.78 is 0. The highest BCUT2D eigenvalue weighted by molar-refractivity contribution is 5.96. The van der Waals surface area contributed by atoms with E-state index in [0.717, 1.165) is 56.7 Å². The summed E-state index contributed by atoms with van der Waals surface area (Å²) >= 11 is 0. The second kappa shape index (κ2) is 11.2. The number of allylic oxidation sites excluding steroid dienone is 2. The molecule has 3 saturated carbocycles. The first-order chi connectivity index (χ1) is 19.4. The summed E-state index contributed by atoms with van der Waals surface area (Å²) in [6.07, 6.45) is 8.16. The quantitative estimate of drug-likeness (QED) is 0.270. The lowest BCUT2D eigenvalue weighted by Crippen LogP contribution is -2.51. The zero-order valence-electron chi connectivity index (χ0n) is 23.5. The highest BCUT2D eigenvalue weighted by Gasteiger charge is 2.58. The van der Waals surface area contributed by atoms with Gasteiger partial charge in [-0.3, -0.25) is 14.9 Å². The van der Waals surface area contributed by atoms with Crippen molar-refractivity contribution in [2.45, 2.75) is 83.5 Å². The molecule has 1 aromatic carbocycles. The lowest BCUT2D eigenvalue weighted by Gasteiger charge is -2.57. The second-order valence-electron chi connectivity index (χ2n) is 12.7. The number of oxime groups is 1. The molecule has 11 heteroatoms. The minimum Gasteiger partial charge on any atom is -0.480 e. The van der Waals surface area contributed by atoms with Gasteiger partial charge in [0.05, 0.1) is 16.7 Å². The van der Waals surface area contributed by atoms with Crippen LogP contribution < -0.4 is 5.32 Å². The number of fused-ring (bicyclic) bond motifs is 5. The van der Waals surface area contributed by atoms with Crippen molar-refractivity contribution < 1.29 is 34.7 Å². The largest absolute Gasteiger partial charge is 0.480 e. The van der Waals surface area contributed by atoms with Crippen LogP contribution in [0.25, 0.3) is 0 Å². The van der Waals surface area contributed by atoms with Crippen molar-refractivity contribution in [2.24, 2.45) is 33.7 Å². The van der Waals surface area contributed by atoms with Crippen LogP contribution in [0.1, 0.15) is 76.9 Å². The number of rotatable bonds is 8. The van der Waals surface area contributed by atoms with E-state index in [9.17, 15) is 35.0 Å². The maximum Gasteiger partial charge on any atom is 0.329 e. The highest BCUT2D eigenvalue weighted by atomic mass is 16.6. The fourth-order valence-electron chi connectivity index (χ4n) is 8.29. The number of nitro groups is 1. The van der Waals surface area contributed by atoms with Crippen LogP contribution >= 0.6 is 0 Å². The number of amides is 1. The van der Waals surface area contributed by atoms with Crippen molar-refractivity contribution in [3.8, 4) is 0 Å². The first kappa shape index (κ1) is 29.2. The Hall–Kier alpha value is -3.31. The van der Waals surface area contributed by atoms with Gasteiger partial charge in [0.1, 0.15) is 6.10 Å². The molecule has 0 unspecified atom stereocenters. The number of benzene rings is 1. The third kappa shape index (κ3) is 5.37. The Labute approximate surface area is 238 Å². The number of aliphatic hydroxyl groups excluding tert-OH is 2. The molecule has 4 aliphatic carbocycles. The summed E-state index contributed by atoms with van der Waals surface area (Å²) in [5.41, 5.74) is 1.93. The number of aliphatic hydroxyl groups is 2. The summed E-state index contributed by atoms with van der Waals surface area (Å²) in [4.78, 5) is 39.9. The molecule has 0 saturated heterocycles. The standard InChI is InChI=1S/C30H39N3O8/c1-29-12-10-19(15-18(29)6-7-21-22-8-9-24(34)30(22,2)13-11-23(21)29)32-41-16-25(35)31-26(28(37)38)27(36)17-4-3-5-20(14-17)33(39)40/h3-5,14-15,21-24,26-27,34,36H,6-13,16H2,1-2H3,(H,31,35)(H,37,38)/b32-19-/t21-,22-,23-,24+,26+,27-,29+,30+/m1/s1. The normalized spacial score (nSPS) is 34.8. The van der Waals surface area contributed by atoms with Crippen molar-refractivity contribution >= 4 is 23.3 Å². The monoisotopic (exact) mass is 569 g/mol. The van der Waals surface area contributed by atoms with E-state index in [1.165, 1.54) is 23.8 Å². The molecule has 0 radical (unpaired) electrons. The van der Waals surface area contributed by atoms with E-state index in [4.69, 9.17) is 4.84 Å². The number of nitrogens with one attached hydrogen (secondary N) is 1. The van der Waals surface area contributed by atoms with Gasteiger partial charge in [-0.25, -0.2) is 4.79 Å². The van der Waals surface area contributed by atoms with Gasteiger partial charge in [0.2, 0.25) is 0 Å². The third-order valence-corrected chi connectivity index (χ3v) is 10.6. The summed E-state index contributed by atoms with van der Waals surface area (Å²) in [5, 5.41) is 48.2. The molecule has 222 valence electrons. The van der Waals surface area contributed by atoms with Crippen LogP contribution in [0.15, 0.2) is 41.1 Å². The van der Waals surface area contributed by atoms with Crippen molar-refractivity contribution in [1.82, 2.24) is 5.32 Å². The maximum atomic E-state index is 12.5. The smallest absolute Gasteiger partial charge is 0.329 e. The van der Waals surface area contributed by atoms with E-state index >= 15 is 0 Å². The number of hydrogen-bond acceptors (Lipinski definition) is 8. The number of carboxylic acid groups (broad SMARTS) is 1. The predicted molar refractivity (Wildman–Crippen MR) is 149 cm³/mol. The van der Waals surface area contributed by atoms with Gasteiger partial charge in [-0.1, -0.05) is 36.7 Å². The van der Waals surface area contributed by atoms with Crippen molar-refractivity contribution in [3.05, 3.63) is 51.6 Å². The van der Waals surface area contributed by atoms with Gasteiger partial charge in [-0.05, 0) is 91.6 Å². The van der Waals surface area contributed by atoms with Gasteiger partial charge >= 0.3 is 5.97 Å². The van der Waals surface area contributed by atoms with E-state index in [-0.39, 0.29) is 28.2 Å².